The molecule has 1 amide bonds. The second-order valence-corrected chi connectivity index (χ2v) is 7.39. The summed E-state index contributed by atoms with van der Waals surface area (Å²) in [6, 6.07) is 12.8. The van der Waals surface area contributed by atoms with E-state index in [1.54, 1.807) is 36.7 Å². The lowest BCUT2D eigenvalue weighted by Crippen LogP contribution is -2.23. The van der Waals surface area contributed by atoms with Crippen LogP contribution in [-0.4, -0.2) is 33.8 Å². The molecule has 7 heteroatoms. The van der Waals surface area contributed by atoms with Crippen molar-refractivity contribution in [3.05, 3.63) is 71.7 Å². The molecule has 2 aromatic heterocycles. The van der Waals surface area contributed by atoms with Gasteiger partial charge in [0.15, 0.2) is 0 Å². The fraction of sp³-hybridized carbons (Fsp3) is 0.304. The van der Waals surface area contributed by atoms with Gasteiger partial charge in [-0.1, -0.05) is 12.8 Å². The molecular weight excluding hydrogens is 380 g/mol. The van der Waals surface area contributed by atoms with Gasteiger partial charge in [-0.05, 0) is 55.3 Å². The largest absolute Gasteiger partial charge is 0.465 e. The minimum atomic E-state index is -0.428. The summed E-state index contributed by atoms with van der Waals surface area (Å²) in [5, 5.41) is 7.72. The first kappa shape index (κ1) is 19.8. The highest BCUT2D eigenvalue weighted by molar-refractivity contribution is 5.96. The molecule has 30 heavy (non-hydrogen) atoms. The summed E-state index contributed by atoms with van der Waals surface area (Å²) in [5.41, 5.74) is 3.82. The van der Waals surface area contributed by atoms with Crippen molar-refractivity contribution < 1.29 is 14.3 Å². The number of carbonyl (C=O) groups is 2. The number of pyridine rings is 1. The highest BCUT2D eigenvalue weighted by Crippen LogP contribution is 2.33. The minimum absolute atomic E-state index is 0.215. The lowest BCUT2D eigenvalue weighted by Gasteiger charge is -2.14. The Kier molecular flexibility index (Phi) is 5.88. The van der Waals surface area contributed by atoms with Crippen molar-refractivity contribution in [2.75, 3.05) is 7.11 Å². The van der Waals surface area contributed by atoms with Crippen molar-refractivity contribution in [2.45, 2.75) is 38.3 Å². The van der Waals surface area contributed by atoms with E-state index in [0.29, 0.717) is 23.7 Å². The van der Waals surface area contributed by atoms with Crippen molar-refractivity contribution >= 4 is 11.9 Å². The Morgan fingerprint density at radius 2 is 1.73 bits per heavy atom. The summed E-state index contributed by atoms with van der Waals surface area (Å²) in [6.45, 7) is 0.329. The Morgan fingerprint density at radius 1 is 1.07 bits per heavy atom. The van der Waals surface area contributed by atoms with Crippen molar-refractivity contribution in [1.82, 2.24) is 20.1 Å². The molecule has 1 fully saturated rings. The Hall–Kier alpha value is -3.48. The van der Waals surface area contributed by atoms with E-state index < -0.39 is 5.97 Å². The van der Waals surface area contributed by atoms with Crippen molar-refractivity contribution in [3.8, 4) is 11.3 Å². The fourth-order valence-corrected chi connectivity index (χ4v) is 3.85. The monoisotopic (exact) mass is 404 g/mol. The van der Waals surface area contributed by atoms with Gasteiger partial charge in [-0.2, -0.15) is 5.10 Å². The molecule has 2 heterocycles. The summed E-state index contributed by atoms with van der Waals surface area (Å²) < 4.78 is 6.79. The normalized spacial score (nSPS) is 13.9. The zero-order valence-corrected chi connectivity index (χ0v) is 16.9. The summed E-state index contributed by atoms with van der Waals surface area (Å²) in [7, 11) is 1.33. The average Bonchev–Trinajstić information content (AvgIpc) is 3.47. The molecular formula is C23H24N4O3. The molecule has 154 valence electrons. The molecule has 0 spiro atoms. The molecule has 1 aliphatic rings. The van der Waals surface area contributed by atoms with E-state index >= 15 is 0 Å². The van der Waals surface area contributed by atoms with E-state index in [2.05, 4.69) is 19.7 Å². The van der Waals surface area contributed by atoms with E-state index in [-0.39, 0.29) is 5.91 Å². The van der Waals surface area contributed by atoms with Crippen molar-refractivity contribution in [2.24, 2.45) is 0 Å². The van der Waals surface area contributed by atoms with Gasteiger partial charge in [-0.15, -0.1) is 0 Å². The molecule has 0 unspecified atom stereocenters. The van der Waals surface area contributed by atoms with E-state index in [0.717, 1.165) is 29.8 Å². The number of rotatable bonds is 6. The zero-order valence-electron chi connectivity index (χ0n) is 16.9. The maximum atomic E-state index is 12.5. The number of ether oxygens (including phenoxy) is 1. The second-order valence-electron chi connectivity index (χ2n) is 7.39. The van der Waals surface area contributed by atoms with Crippen LogP contribution in [0.4, 0.5) is 0 Å². The molecule has 4 rings (SSSR count). The third kappa shape index (κ3) is 4.25. The Balaban J connectivity index is 1.49. The van der Waals surface area contributed by atoms with Gasteiger partial charge < -0.3 is 10.1 Å². The third-order valence-corrected chi connectivity index (χ3v) is 5.43. The zero-order chi connectivity index (χ0) is 20.9. The Bertz CT molecular complexity index is 1020. The predicted octanol–water partition coefficient (Wildman–Crippen LogP) is 3.78. The van der Waals surface area contributed by atoms with Gasteiger partial charge in [0.2, 0.25) is 0 Å². The number of amides is 1. The maximum absolute atomic E-state index is 12.5. The van der Waals surface area contributed by atoms with Crippen LogP contribution in [-0.2, 0) is 11.3 Å². The quantitative estimate of drug-likeness (QED) is 0.632. The lowest BCUT2D eigenvalue weighted by molar-refractivity contribution is 0.0600. The lowest BCUT2D eigenvalue weighted by atomic mass is 10.1. The fourth-order valence-electron chi connectivity index (χ4n) is 3.85. The Labute approximate surface area is 175 Å². The van der Waals surface area contributed by atoms with Crippen LogP contribution in [0.15, 0.2) is 54.9 Å². The topological polar surface area (TPSA) is 86.1 Å². The number of hydrogen-bond acceptors (Lipinski definition) is 5. The molecule has 1 saturated carbocycles. The summed E-state index contributed by atoms with van der Waals surface area (Å²) in [6.07, 6.45) is 8.24. The van der Waals surface area contributed by atoms with Crippen LogP contribution in [0.3, 0.4) is 0 Å². The van der Waals surface area contributed by atoms with Gasteiger partial charge in [-0.25, -0.2) is 4.79 Å². The Morgan fingerprint density at radius 3 is 2.40 bits per heavy atom. The molecule has 0 atom stereocenters. The van der Waals surface area contributed by atoms with Gasteiger partial charge >= 0.3 is 5.97 Å². The third-order valence-electron chi connectivity index (χ3n) is 5.43. The van der Waals surface area contributed by atoms with Crippen LogP contribution in [0.5, 0.6) is 0 Å². The molecule has 0 radical (unpaired) electrons. The first-order chi connectivity index (χ1) is 14.7. The molecule has 0 bridgehead atoms. The number of hydrogen-bond donors (Lipinski definition) is 1. The van der Waals surface area contributed by atoms with Gasteiger partial charge in [0, 0.05) is 23.5 Å². The summed E-state index contributed by atoms with van der Waals surface area (Å²) >= 11 is 0. The maximum Gasteiger partial charge on any atom is 0.337 e. The highest BCUT2D eigenvalue weighted by atomic mass is 16.5. The van der Waals surface area contributed by atoms with Crippen LogP contribution >= 0.6 is 0 Å². The van der Waals surface area contributed by atoms with Gasteiger partial charge in [0.25, 0.3) is 5.91 Å². The standard InChI is InChI=1S/C23H24N4O3/c1-30-23(29)18-8-6-17(7-9-18)22(28)25-15-19-14-21(16-10-12-24-13-11-16)27(26-19)20-4-2-3-5-20/h6-14,20H,2-5,15H2,1H3,(H,25,28). The predicted molar refractivity (Wildman–Crippen MR) is 112 cm³/mol. The number of methoxy groups -OCH3 is 1. The van der Waals surface area contributed by atoms with Gasteiger partial charge in [0.05, 0.1) is 36.6 Å². The minimum Gasteiger partial charge on any atom is -0.465 e. The molecule has 0 saturated heterocycles. The molecule has 1 aromatic carbocycles. The van der Waals surface area contributed by atoms with Crippen LogP contribution in [0.1, 0.15) is 58.1 Å². The summed E-state index contributed by atoms with van der Waals surface area (Å²) in [4.78, 5) is 28.1. The smallest absolute Gasteiger partial charge is 0.337 e. The highest BCUT2D eigenvalue weighted by Gasteiger charge is 2.22. The van der Waals surface area contributed by atoms with E-state index in [1.807, 2.05) is 18.2 Å². The van der Waals surface area contributed by atoms with E-state index in [1.165, 1.54) is 20.0 Å². The van der Waals surface area contributed by atoms with Crippen LogP contribution in [0, 0.1) is 0 Å². The van der Waals surface area contributed by atoms with Gasteiger partial charge in [0.1, 0.15) is 0 Å². The van der Waals surface area contributed by atoms with Gasteiger partial charge in [-0.3, -0.25) is 14.5 Å². The number of nitrogens with zero attached hydrogens (tertiary/aromatic N) is 3. The molecule has 0 aliphatic heterocycles. The number of benzene rings is 1. The number of carbonyl (C=O) groups excluding carboxylic acids is 2. The van der Waals surface area contributed by atoms with Crippen molar-refractivity contribution in [3.63, 3.8) is 0 Å². The van der Waals surface area contributed by atoms with Crippen LogP contribution in [0.25, 0.3) is 11.3 Å². The van der Waals surface area contributed by atoms with Crippen molar-refractivity contribution in [1.29, 1.82) is 0 Å². The number of esters is 1. The SMILES string of the molecule is COC(=O)c1ccc(C(=O)NCc2cc(-c3ccncc3)n(C3CCCC3)n2)cc1. The molecule has 3 aromatic rings. The number of aromatic nitrogens is 3. The molecule has 7 nitrogen and oxygen atoms in total. The second kappa shape index (κ2) is 8.90. The summed E-state index contributed by atoms with van der Waals surface area (Å²) in [5.74, 6) is -0.643. The van der Waals surface area contributed by atoms with E-state index in [4.69, 9.17) is 5.10 Å². The van der Waals surface area contributed by atoms with Crippen LogP contribution < -0.4 is 5.32 Å². The molecule has 1 N–H and O–H groups in total. The van der Waals surface area contributed by atoms with E-state index in [9.17, 15) is 9.59 Å². The number of nitrogens with one attached hydrogen (secondary N) is 1. The first-order valence-electron chi connectivity index (χ1n) is 10.1. The molecule has 1 aliphatic carbocycles. The average molecular weight is 404 g/mol. The first-order valence-corrected chi connectivity index (χ1v) is 10.1. The van der Waals surface area contributed by atoms with Crippen LogP contribution in [0.2, 0.25) is 0 Å².